The van der Waals surface area contributed by atoms with E-state index in [2.05, 4.69) is 72.4 Å². The van der Waals surface area contributed by atoms with E-state index in [0.29, 0.717) is 18.9 Å². The maximum atomic E-state index is 12.4. The van der Waals surface area contributed by atoms with Crippen LogP contribution in [0, 0.1) is 0 Å². The normalized spacial score (nSPS) is 26.9. The lowest BCUT2D eigenvalue weighted by Crippen LogP contribution is -2.60. The van der Waals surface area contributed by atoms with Crippen molar-refractivity contribution in [3.63, 3.8) is 0 Å². The van der Waals surface area contributed by atoms with E-state index in [9.17, 15) is 9.59 Å². The van der Waals surface area contributed by atoms with E-state index in [-0.39, 0.29) is 40.8 Å². The molecule has 6 heteroatoms. The highest BCUT2D eigenvalue weighted by Crippen LogP contribution is 2.38. The van der Waals surface area contributed by atoms with Gasteiger partial charge in [-0.3, -0.25) is 19.4 Å². The first-order valence-electron chi connectivity index (χ1n) is 14.0. The van der Waals surface area contributed by atoms with Crippen molar-refractivity contribution in [1.29, 1.82) is 0 Å². The molecule has 2 heterocycles. The number of nitrogens with zero attached hydrogens (tertiary/aromatic N) is 2. The molecule has 0 N–H and O–H groups in total. The van der Waals surface area contributed by atoms with Crippen molar-refractivity contribution in [2.75, 3.05) is 14.1 Å². The highest BCUT2D eigenvalue weighted by atomic mass is 16.5. The topological polar surface area (TPSA) is 59.1 Å². The molecule has 2 rings (SSSR count). The Balaban J connectivity index is 1.52. The highest BCUT2D eigenvalue weighted by Gasteiger charge is 2.44. The summed E-state index contributed by atoms with van der Waals surface area (Å²) >= 11 is 0. The van der Waals surface area contributed by atoms with E-state index in [4.69, 9.17) is 9.47 Å². The summed E-state index contributed by atoms with van der Waals surface area (Å²) in [6.07, 6.45) is 10.7. The number of unbranched alkanes of at least 4 members (excludes halogenated alkanes) is 5. The molecule has 0 saturated carbocycles. The Hall–Kier alpha value is -1.14. The lowest BCUT2D eigenvalue weighted by Gasteiger charge is -2.53. The van der Waals surface area contributed by atoms with Gasteiger partial charge in [-0.25, -0.2) is 0 Å². The van der Waals surface area contributed by atoms with Crippen LogP contribution in [0.3, 0.4) is 0 Å². The van der Waals surface area contributed by atoms with Gasteiger partial charge in [-0.05, 0) is 81.8 Å². The van der Waals surface area contributed by atoms with E-state index < -0.39 is 0 Å². The van der Waals surface area contributed by atoms with Crippen LogP contribution in [0.4, 0.5) is 0 Å². The van der Waals surface area contributed by atoms with Crippen molar-refractivity contribution < 1.29 is 19.1 Å². The number of hydrogen-bond acceptors (Lipinski definition) is 6. The molecular formula is C29H54N2O4. The Kier molecular flexibility index (Phi) is 10.7. The third kappa shape index (κ3) is 9.03. The zero-order valence-electron chi connectivity index (χ0n) is 24.2. The van der Waals surface area contributed by atoms with Crippen LogP contribution in [-0.2, 0) is 19.1 Å². The molecule has 2 saturated heterocycles. The molecule has 0 amide bonds. The molecule has 0 aromatic rings. The van der Waals surface area contributed by atoms with Crippen LogP contribution in [0.25, 0.3) is 0 Å². The predicted octanol–water partition coefficient (Wildman–Crippen LogP) is 6.11. The SMILES string of the molecule is CC1CC(OC(=O)CCCCCCCCC(=O)OC2CC(C)(C)N(C)C(C)(C)C2)CC(C)(C)N1C. The van der Waals surface area contributed by atoms with Gasteiger partial charge in [-0.2, -0.15) is 0 Å². The van der Waals surface area contributed by atoms with Crippen molar-refractivity contribution in [3.05, 3.63) is 0 Å². The van der Waals surface area contributed by atoms with Gasteiger partial charge in [0.25, 0.3) is 0 Å². The number of piperidine rings is 2. The molecule has 204 valence electrons. The molecule has 2 fully saturated rings. The highest BCUT2D eigenvalue weighted by molar-refractivity contribution is 5.69. The number of carbonyl (C=O) groups is 2. The number of esters is 2. The minimum Gasteiger partial charge on any atom is -0.462 e. The summed E-state index contributed by atoms with van der Waals surface area (Å²) in [5, 5.41) is 0. The summed E-state index contributed by atoms with van der Waals surface area (Å²) in [5.41, 5.74) is 0.123. The first-order chi connectivity index (χ1) is 16.1. The van der Waals surface area contributed by atoms with Gasteiger partial charge in [0.2, 0.25) is 0 Å². The van der Waals surface area contributed by atoms with Crippen LogP contribution < -0.4 is 0 Å². The Morgan fingerprint density at radius 3 is 1.54 bits per heavy atom. The van der Waals surface area contributed by atoms with Gasteiger partial charge in [0.1, 0.15) is 12.2 Å². The van der Waals surface area contributed by atoms with Crippen molar-refractivity contribution in [1.82, 2.24) is 9.80 Å². The lowest BCUT2D eigenvalue weighted by atomic mass is 9.79. The number of rotatable bonds is 11. The minimum atomic E-state index is -0.0553. The fraction of sp³-hybridized carbons (Fsp3) is 0.931. The van der Waals surface area contributed by atoms with Gasteiger partial charge < -0.3 is 9.47 Å². The minimum absolute atomic E-state index is 0.00672. The third-order valence-electron chi connectivity index (χ3n) is 8.83. The molecule has 0 aromatic heterocycles. The van der Waals surface area contributed by atoms with E-state index in [0.717, 1.165) is 64.2 Å². The molecule has 0 radical (unpaired) electrons. The summed E-state index contributed by atoms with van der Waals surface area (Å²) in [6, 6.07) is 0.428. The van der Waals surface area contributed by atoms with Crippen molar-refractivity contribution >= 4 is 11.9 Å². The Bertz CT molecular complexity index is 685. The van der Waals surface area contributed by atoms with Crippen LogP contribution in [0.1, 0.15) is 126 Å². The summed E-state index contributed by atoms with van der Waals surface area (Å²) in [4.78, 5) is 29.5. The van der Waals surface area contributed by atoms with Gasteiger partial charge in [0, 0.05) is 54.8 Å². The molecule has 2 aliphatic heterocycles. The maximum absolute atomic E-state index is 12.4. The van der Waals surface area contributed by atoms with E-state index in [1.54, 1.807) is 0 Å². The van der Waals surface area contributed by atoms with Crippen LogP contribution in [0.15, 0.2) is 0 Å². The van der Waals surface area contributed by atoms with Crippen molar-refractivity contribution in [3.8, 4) is 0 Å². The van der Waals surface area contributed by atoms with E-state index >= 15 is 0 Å². The number of likely N-dealkylation sites (tertiary alicyclic amines) is 2. The van der Waals surface area contributed by atoms with E-state index in [1.165, 1.54) is 0 Å². The molecule has 2 unspecified atom stereocenters. The van der Waals surface area contributed by atoms with Gasteiger partial charge >= 0.3 is 11.9 Å². The van der Waals surface area contributed by atoms with Gasteiger partial charge in [-0.1, -0.05) is 25.7 Å². The van der Waals surface area contributed by atoms with Crippen LogP contribution in [0.2, 0.25) is 0 Å². The summed E-state index contributed by atoms with van der Waals surface area (Å²) in [5.74, 6) is -0.106. The van der Waals surface area contributed by atoms with E-state index in [1.807, 2.05) is 0 Å². The fourth-order valence-electron chi connectivity index (χ4n) is 6.11. The third-order valence-corrected chi connectivity index (χ3v) is 8.83. The fourth-order valence-corrected chi connectivity index (χ4v) is 6.11. The van der Waals surface area contributed by atoms with Crippen LogP contribution in [-0.4, -0.2) is 70.7 Å². The molecule has 0 aliphatic carbocycles. The summed E-state index contributed by atoms with van der Waals surface area (Å²) in [6.45, 7) is 15.6. The van der Waals surface area contributed by atoms with Crippen molar-refractivity contribution in [2.45, 2.75) is 160 Å². The number of carbonyl (C=O) groups excluding carboxylic acids is 2. The molecule has 0 aromatic carbocycles. The van der Waals surface area contributed by atoms with Crippen LogP contribution in [0.5, 0.6) is 0 Å². The summed E-state index contributed by atoms with van der Waals surface area (Å²) in [7, 11) is 4.32. The average Bonchev–Trinajstić information content (AvgIpc) is 2.71. The van der Waals surface area contributed by atoms with Crippen molar-refractivity contribution in [2.24, 2.45) is 0 Å². The second-order valence-electron chi connectivity index (χ2n) is 13.1. The van der Waals surface area contributed by atoms with Gasteiger partial charge in [0.05, 0.1) is 0 Å². The lowest BCUT2D eigenvalue weighted by molar-refractivity contribution is -0.159. The first kappa shape index (κ1) is 30.1. The molecule has 2 atom stereocenters. The van der Waals surface area contributed by atoms with Crippen LogP contribution >= 0.6 is 0 Å². The second kappa shape index (κ2) is 12.4. The molecule has 0 spiro atoms. The largest absolute Gasteiger partial charge is 0.462 e. The second-order valence-corrected chi connectivity index (χ2v) is 13.1. The zero-order valence-corrected chi connectivity index (χ0v) is 24.2. The smallest absolute Gasteiger partial charge is 0.306 e. The molecule has 2 aliphatic rings. The average molecular weight is 495 g/mol. The molecule has 0 bridgehead atoms. The zero-order chi connectivity index (χ0) is 26.4. The Morgan fingerprint density at radius 2 is 1.09 bits per heavy atom. The summed E-state index contributed by atoms with van der Waals surface area (Å²) < 4.78 is 11.6. The molecule has 6 nitrogen and oxygen atoms in total. The quantitative estimate of drug-likeness (QED) is 0.255. The molecule has 35 heavy (non-hydrogen) atoms. The Morgan fingerprint density at radius 1 is 0.686 bits per heavy atom. The Labute approximate surface area is 215 Å². The predicted molar refractivity (Wildman–Crippen MR) is 142 cm³/mol. The molecular weight excluding hydrogens is 440 g/mol. The van der Waals surface area contributed by atoms with Gasteiger partial charge in [0.15, 0.2) is 0 Å². The number of ether oxygens (including phenoxy) is 2. The first-order valence-corrected chi connectivity index (χ1v) is 14.0. The number of hydrogen-bond donors (Lipinski definition) is 0. The maximum Gasteiger partial charge on any atom is 0.306 e. The standard InChI is InChI=1S/C29H54N2O4/c1-22-18-23(19-27(2,3)30(22)8)34-25(32)16-14-12-10-11-13-15-17-26(33)35-24-20-28(4,5)31(9)29(6,7)21-24/h22-24H,10-21H2,1-9H3. The monoisotopic (exact) mass is 494 g/mol. The van der Waals surface area contributed by atoms with Gasteiger partial charge in [-0.15, -0.1) is 0 Å².